The van der Waals surface area contributed by atoms with Crippen molar-refractivity contribution in [2.45, 2.75) is 6.42 Å². The van der Waals surface area contributed by atoms with E-state index in [1.807, 2.05) is 29.2 Å². The van der Waals surface area contributed by atoms with E-state index in [1.54, 1.807) is 12.1 Å². The van der Waals surface area contributed by atoms with Crippen LogP contribution in [0.3, 0.4) is 0 Å². The van der Waals surface area contributed by atoms with Crippen molar-refractivity contribution in [3.63, 3.8) is 0 Å². The van der Waals surface area contributed by atoms with Crippen molar-refractivity contribution >= 4 is 34.8 Å². The second-order valence-electron chi connectivity index (χ2n) is 6.64. The third kappa shape index (κ3) is 4.14. The van der Waals surface area contributed by atoms with Gasteiger partial charge in [0.15, 0.2) is 11.5 Å². The van der Waals surface area contributed by atoms with E-state index < -0.39 is 0 Å². The van der Waals surface area contributed by atoms with Crippen molar-refractivity contribution in [3.8, 4) is 11.5 Å². The lowest BCUT2D eigenvalue weighted by Crippen LogP contribution is -2.47. The molecule has 2 aliphatic rings. The first-order valence-corrected chi connectivity index (χ1v) is 9.46. The third-order valence-corrected chi connectivity index (χ3v) is 4.88. The number of hydrogen-bond donors (Lipinski definition) is 2. The van der Waals surface area contributed by atoms with Crippen molar-refractivity contribution in [3.05, 3.63) is 47.0 Å². The SMILES string of the molecule is O=C1CN(c2ccc(NC(=O)Cc3ccc4c(c3)OCCO4)cc2Cl)CCN1. The summed E-state index contributed by atoms with van der Waals surface area (Å²) in [5, 5.41) is 6.13. The number of hydrogen-bond acceptors (Lipinski definition) is 5. The van der Waals surface area contributed by atoms with Gasteiger partial charge in [0, 0.05) is 18.8 Å². The van der Waals surface area contributed by atoms with Crippen molar-refractivity contribution < 1.29 is 19.1 Å². The van der Waals surface area contributed by atoms with Crippen LogP contribution in [0.25, 0.3) is 0 Å². The summed E-state index contributed by atoms with van der Waals surface area (Å²) < 4.78 is 11.0. The van der Waals surface area contributed by atoms with Crippen molar-refractivity contribution in [2.24, 2.45) is 0 Å². The molecule has 0 radical (unpaired) electrons. The fourth-order valence-electron chi connectivity index (χ4n) is 3.27. The molecule has 146 valence electrons. The summed E-state index contributed by atoms with van der Waals surface area (Å²) >= 11 is 6.38. The average Bonchev–Trinajstić information content (AvgIpc) is 2.68. The fourth-order valence-corrected chi connectivity index (χ4v) is 3.57. The maximum Gasteiger partial charge on any atom is 0.239 e. The van der Waals surface area contributed by atoms with Crippen molar-refractivity contribution in [2.75, 3.05) is 43.1 Å². The van der Waals surface area contributed by atoms with Crippen LogP contribution in [0.15, 0.2) is 36.4 Å². The summed E-state index contributed by atoms with van der Waals surface area (Å²) in [4.78, 5) is 25.9. The Kier molecular flexibility index (Phi) is 5.25. The van der Waals surface area contributed by atoms with E-state index >= 15 is 0 Å². The smallest absolute Gasteiger partial charge is 0.239 e. The predicted octanol–water partition coefficient (Wildman–Crippen LogP) is 2.23. The second-order valence-corrected chi connectivity index (χ2v) is 7.05. The van der Waals surface area contributed by atoms with Crippen LogP contribution in [0.1, 0.15) is 5.56 Å². The minimum Gasteiger partial charge on any atom is -0.486 e. The zero-order chi connectivity index (χ0) is 19.5. The van der Waals surface area contributed by atoms with E-state index in [0.717, 1.165) is 11.3 Å². The number of piperazine rings is 1. The second kappa shape index (κ2) is 7.98. The molecule has 2 heterocycles. The standard InChI is InChI=1S/C20H20ClN3O4/c21-15-11-14(2-3-16(15)24-6-5-22-20(26)12-24)23-19(25)10-13-1-4-17-18(9-13)28-8-7-27-17/h1-4,9,11H,5-8,10,12H2,(H,22,26)(H,23,25). The Bertz CT molecular complexity index is 918. The quantitative estimate of drug-likeness (QED) is 0.821. The number of carbonyl (C=O) groups is 2. The Labute approximate surface area is 167 Å². The highest BCUT2D eigenvalue weighted by Crippen LogP contribution is 2.31. The van der Waals surface area contributed by atoms with Gasteiger partial charge < -0.3 is 25.0 Å². The van der Waals surface area contributed by atoms with E-state index in [4.69, 9.17) is 21.1 Å². The van der Waals surface area contributed by atoms with Gasteiger partial charge in [-0.05, 0) is 35.9 Å². The number of amides is 2. The molecule has 2 aromatic rings. The van der Waals surface area contributed by atoms with Gasteiger partial charge in [-0.3, -0.25) is 9.59 Å². The minimum absolute atomic E-state index is 0.0286. The van der Waals surface area contributed by atoms with Gasteiger partial charge in [-0.25, -0.2) is 0 Å². The number of fused-ring (bicyclic) bond motifs is 1. The molecule has 7 nitrogen and oxygen atoms in total. The molecule has 28 heavy (non-hydrogen) atoms. The maximum absolute atomic E-state index is 12.4. The van der Waals surface area contributed by atoms with Gasteiger partial charge in [0.1, 0.15) is 13.2 Å². The van der Waals surface area contributed by atoms with Gasteiger partial charge >= 0.3 is 0 Å². The Morgan fingerprint density at radius 2 is 1.96 bits per heavy atom. The Hall–Kier alpha value is -2.93. The van der Waals surface area contributed by atoms with Crippen LogP contribution in [0.5, 0.6) is 11.5 Å². The fraction of sp³-hybridized carbons (Fsp3) is 0.300. The van der Waals surface area contributed by atoms with Gasteiger partial charge in [-0.15, -0.1) is 0 Å². The third-order valence-electron chi connectivity index (χ3n) is 4.58. The summed E-state index contributed by atoms with van der Waals surface area (Å²) in [6.07, 6.45) is 0.211. The van der Waals surface area contributed by atoms with Gasteiger partial charge in [0.2, 0.25) is 11.8 Å². The molecule has 0 atom stereocenters. The number of ether oxygens (including phenoxy) is 2. The first kappa shape index (κ1) is 18.4. The van der Waals surface area contributed by atoms with E-state index in [1.165, 1.54) is 0 Å². The Balaban J connectivity index is 1.40. The monoisotopic (exact) mass is 401 g/mol. The van der Waals surface area contributed by atoms with E-state index in [2.05, 4.69) is 10.6 Å². The summed E-state index contributed by atoms with van der Waals surface area (Å²) in [5.41, 5.74) is 2.22. The lowest BCUT2D eigenvalue weighted by atomic mass is 10.1. The maximum atomic E-state index is 12.4. The molecule has 2 aromatic carbocycles. The van der Waals surface area contributed by atoms with Crippen LogP contribution in [0.2, 0.25) is 5.02 Å². The number of nitrogens with one attached hydrogen (secondary N) is 2. The summed E-state index contributed by atoms with van der Waals surface area (Å²) in [5.74, 6) is 1.18. The van der Waals surface area contributed by atoms with Gasteiger partial charge in [0.05, 0.1) is 23.7 Å². The molecular weight excluding hydrogens is 382 g/mol. The van der Waals surface area contributed by atoms with Crippen LogP contribution in [0, 0.1) is 0 Å². The van der Waals surface area contributed by atoms with Crippen LogP contribution >= 0.6 is 11.6 Å². The highest BCUT2D eigenvalue weighted by atomic mass is 35.5. The molecular formula is C20H20ClN3O4. The first-order chi connectivity index (χ1) is 13.6. The molecule has 1 saturated heterocycles. The van der Waals surface area contributed by atoms with Crippen LogP contribution in [-0.4, -0.2) is 44.7 Å². The van der Waals surface area contributed by atoms with Crippen molar-refractivity contribution in [1.29, 1.82) is 0 Å². The summed E-state index contributed by atoms with van der Waals surface area (Å²) in [7, 11) is 0. The zero-order valence-electron chi connectivity index (χ0n) is 15.2. The molecule has 4 rings (SSSR count). The number of rotatable bonds is 4. The molecule has 0 aliphatic carbocycles. The molecule has 2 N–H and O–H groups in total. The minimum atomic E-state index is -0.155. The Morgan fingerprint density at radius 1 is 1.14 bits per heavy atom. The number of halogens is 1. The molecule has 0 aromatic heterocycles. The van der Waals surface area contributed by atoms with Crippen LogP contribution < -0.4 is 25.0 Å². The number of carbonyl (C=O) groups excluding carboxylic acids is 2. The summed E-state index contributed by atoms with van der Waals surface area (Å²) in [6, 6.07) is 10.8. The molecule has 8 heteroatoms. The number of benzene rings is 2. The molecule has 0 bridgehead atoms. The molecule has 0 saturated carbocycles. The van der Waals surface area contributed by atoms with Crippen LogP contribution in [0.4, 0.5) is 11.4 Å². The molecule has 0 spiro atoms. The average molecular weight is 402 g/mol. The van der Waals surface area contributed by atoms with Crippen LogP contribution in [-0.2, 0) is 16.0 Å². The highest BCUT2D eigenvalue weighted by Gasteiger charge is 2.19. The lowest BCUT2D eigenvalue weighted by Gasteiger charge is -2.29. The summed E-state index contributed by atoms with van der Waals surface area (Å²) in [6.45, 7) is 2.60. The largest absolute Gasteiger partial charge is 0.486 e. The molecule has 0 unspecified atom stereocenters. The molecule has 2 aliphatic heterocycles. The van der Waals surface area contributed by atoms with E-state index in [9.17, 15) is 9.59 Å². The number of nitrogens with zero attached hydrogens (tertiary/aromatic N) is 1. The van der Waals surface area contributed by atoms with Gasteiger partial charge in [-0.1, -0.05) is 17.7 Å². The highest BCUT2D eigenvalue weighted by molar-refractivity contribution is 6.33. The normalized spacial score (nSPS) is 15.8. The first-order valence-electron chi connectivity index (χ1n) is 9.08. The predicted molar refractivity (Wildman–Crippen MR) is 106 cm³/mol. The van der Waals surface area contributed by atoms with Gasteiger partial charge in [0.25, 0.3) is 0 Å². The van der Waals surface area contributed by atoms with E-state index in [-0.39, 0.29) is 24.8 Å². The zero-order valence-corrected chi connectivity index (χ0v) is 15.9. The van der Waals surface area contributed by atoms with Gasteiger partial charge in [-0.2, -0.15) is 0 Å². The molecule has 1 fully saturated rings. The topological polar surface area (TPSA) is 79.9 Å². The number of anilines is 2. The lowest BCUT2D eigenvalue weighted by molar-refractivity contribution is -0.120. The van der Waals surface area contributed by atoms with Crippen molar-refractivity contribution in [1.82, 2.24) is 5.32 Å². The molecule has 2 amide bonds. The van der Waals surface area contributed by atoms with E-state index in [0.29, 0.717) is 48.5 Å². The Morgan fingerprint density at radius 3 is 2.75 bits per heavy atom.